The van der Waals surface area contributed by atoms with Crippen molar-refractivity contribution in [3.05, 3.63) is 50.9 Å². The van der Waals surface area contributed by atoms with Crippen LogP contribution in [0.3, 0.4) is 0 Å². The van der Waals surface area contributed by atoms with Crippen LogP contribution in [-0.2, 0) is 13.0 Å². The maximum Gasteiger partial charge on any atom is 0.275 e. The molecule has 0 radical (unpaired) electrons. The molecule has 0 N–H and O–H groups in total. The highest BCUT2D eigenvalue weighted by atomic mass is 32.1. The first kappa shape index (κ1) is 15.1. The van der Waals surface area contributed by atoms with E-state index in [1.54, 1.807) is 7.11 Å². The van der Waals surface area contributed by atoms with Crippen molar-refractivity contribution < 1.29 is 4.74 Å². The quantitative estimate of drug-likeness (QED) is 0.732. The summed E-state index contributed by atoms with van der Waals surface area (Å²) in [6, 6.07) is 7.68. The number of rotatable bonds is 3. The first-order valence-electron chi connectivity index (χ1n) is 7.93. The lowest BCUT2D eigenvalue weighted by Gasteiger charge is -2.31. The fourth-order valence-corrected chi connectivity index (χ4v) is 4.17. The van der Waals surface area contributed by atoms with Crippen LogP contribution in [0.2, 0.25) is 0 Å². The Hall–Kier alpha value is -2.41. The summed E-state index contributed by atoms with van der Waals surface area (Å²) >= 11 is 1.47. The van der Waals surface area contributed by atoms with Crippen LogP contribution >= 0.6 is 11.3 Å². The molecular formula is C17H18N4O2S. The van der Waals surface area contributed by atoms with Crippen LogP contribution in [0.15, 0.2) is 29.1 Å². The number of aromatic nitrogens is 3. The molecule has 0 saturated carbocycles. The van der Waals surface area contributed by atoms with Gasteiger partial charge in [-0.15, -0.1) is 0 Å². The number of methoxy groups -OCH3 is 1. The lowest BCUT2D eigenvalue weighted by molar-refractivity contribution is 0.412. The van der Waals surface area contributed by atoms with Crippen molar-refractivity contribution in [2.75, 3.05) is 18.6 Å². The number of fused-ring (bicyclic) bond motifs is 2. The van der Waals surface area contributed by atoms with E-state index in [1.165, 1.54) is 27.5 Å². The molecule has 0 atom stereocenters. The zero-order valence-corrected chi connectivity index (χ0v) is 14.5. The van der Waals surface area contributed by atoms with Crippen LogP contribution in [0.5, 0.6) is 5.75 Å². The molecule has 1 aromatic carbocycles. The second-order valence-electron chi connectivity index (χ2n) is 5.92. The van der Waals surface area contributed by atoms with Crippen molar-refractivity contribution in [2.24, 2.45) is 0 Å². The van der Waals surface area contributed by atoms with Crippen LogP contribution in [0, 0.1) is 6.92 Å². The third-order valence-electron chi connectivity index (χ3n) is 4.23. The molecule has 0 fully saturated rings. The molecule has 24 heavy (non-hydrogen) atoms. The Morgan fingerprint density at radius 2 is 2.25 bits per heavy atom. The van der Waals surface area contributed by atoms with Gasteiger partial charge < -0.3 is 9.64 Å². The van der Waals surface area contributed by atoms with E-state index in [9.17, 15) is 4.79 Å². The number of hydrogen-bond acceptors (Lipinski definition) is 6. The number of ether oxygens (including phenoxy) is 1. The van der Waals surface area contributed by atoms with Gasteiger partial charge in [0, 0.05) is 18.3 Å². The van der Waals surface area contributed by atoms with Crippen LogP contribution in [0.25, 0.3) is 4.96 Å². The average Bonchev–Trinajstić information content (AvgIpc) is 2.97. The maximum absolute atomic E-state index is 12.0. The number of aryl methyl sites for hydroxylation is 2. The SMILES string of the molecule is COc1cccc2c1N(Cc1nn3c(=O)cc(C)nc3s1)CCC2. The van der Waals surface area contributed by atoms with Crippen LogP contribution in [0.4, 0.5) is 5.69 Å². The van der Waals surface area contributed by atoms with E-state index in [1.807, 2.05) is 19.1 Å². The van der Waals surface area contributed by atoms with Gasteiger partial charge in [-0.1, -0.05) is 23.5 Å². The largest absolute Gasteiger partial charge is 0.495 e. The molecule has 6 nitrogen and oxygen atoms in total. The molecule has 3 heterocycles. The van der Waals surface area contributed by atoms with Crippen molar-refractivity contribution in [2.45, 2.75) is 26.3 Å². The first-order chi connectivity index (χ1) is 11.7. The molecule has 4 rings (SSSR count). The third kappa shape index (κ3) is 2.54. The lowest BCUT2D eigenvalue weighted by atomic mass is 10.0. The Kier molecular flexibility index (Phi) is 3.72. The third-order valence-corrected chi connectivity index (χ3v) is 5.13. The van der Waals surface area contributed by atoms with Gasteiger partial charge in [0.05, 0.1) is 19.3 Å². The van der Waals surface area contributed by atoms with Gasteiger partial charge in [0.1, 0.15) is 10.8 Å². The summed E-state index contributed by atoms with van der Waals surface area (Å²) in [5.41, 5.74) is 3.03. The van der Waals surface area contributed by atoms with Crippen molar-refractivity contribution in [3.8, 4) is 5.75 Å². The zero-order chi connectivity index (χ0) is 16.7. The van der Waals surface area contributed by atoms with Crippen molar-refractivity contribution in [1.82, 2.24) is 14.6 Å². The minimum atomic E-state index is -0.128. The standard InChI is InChI=1S/C17H18N4O2S/c1-11-9-15(22)21-17(18-11)24-14(19-21)10-20-8-4-6-12-5-3-7-13(23-2)16(12)20/h3,5,7,9H,4,6,8,10H2,1-2H3. The summed E-state index contributed by atoms with van der Waals surface area (Å²) in [7, 11) is 1.70. The van der Waals surface area contributed by atoms with Crippen LogP contribution in [-0.4, -0.2) is 28.3 Å². The van der Waals surface area contributed by atoms with Gasteiger partial charge in [0.25, 0.3) is 5.56 Å². The van der Waals surface area contributed by atoms with Gasteiger partial charge in [0.15, 0.2) is 0 Å². The second kappa shape index (κ2) is 5.90. The summed E-state index contributed by atoms with van der Waals surface area (Å²) in [5.74, 6) is 0.888. The summed E-state index contributed by atoms with van der Waals surface area (Å²) in [4.78, 5) is 19.4. The van der Waals surface area contributed by atoms with E-state index in [4.69, 9.17) is 4.74 Å². The van der Waals surface area contributed by atoms with E-state index >= 15 is 0 Å². The van der Waals surface area contributed by atoms with Crippen molar-refractivity contribution in [3.63, 3.8) is 0 Å². The molecule has 0 amide bonds. The van der Waals surface area contributed by atoms with Gasteiger partial charge >= 0.3 is 0 Å². The van der Waals surface area contributed by atoms with Gasteiger partial charge in [0.2, 0.25) is 4.96 Å². The molecule has 0 spiro atoms. The lowest BCUT2D eigenvalue weighted by Crippen LogP contribution is -2.29. The molecule has 0 unspecified atom stereocenters. The Morgan fingerprint density at radius 1 is 1.38 bits per heavy atom. The minimum absolute atomic E-state index is 0.128. The molecule has 124 valence electrons. The van der Waals surface area contributed by atoms with E-state index in [0.717, 1.165) is 41.5 Å². The summed E-state index contributed by atoms with van der Waals surface area (Å²) < 4.78 is 6.94. The Labute approximate surface area is 143 Å². The highest BCUT2D eigenvalue weighted by molar-refractivity contribution is 7.16. The topological polar surface area (TPSA) is 59.7 Å². The van der Waals surface area contributed by atoms with Gasteiger partial charge in [-0.25, -0.2) is 4.98 Å². The highest BCUT2D eigenvalue weighted by Crippen LogP contribution is 2.37. The Morgan fingerprint density at radius 3 is 3.08 bits per heavy atom. The molecule has 0 saturated heterocycles. The van der Waals surface area contributed by atoms with Crippen LogP contribution in [0.1, 0.15) is 22.7 Å². The predicted octanol–water partition coefficient (Wildman–Crippen LogP) is 2.42. The normalized spacial score (nSPS) is 14.0. The predicted molar refractivity (Wildman–Crippen MR) is 94.2 cm³/mol. The zero-order valence-electron chi connectivity index (χ0n) is 13.7. The van der Waals surface area contributed by atoms with E-state index in [0.29, 0.717) is 11.5 Å². The molecule has 3 aromatic rings. The Bertz CT molecular complexity index is 949. The minimum Gasteiger partial charge on any atom is -0.495 e. The molecule has 0 bridgehead atoms. The fourth-order valence-electron chi connectivity index (χ4n) is 3.21. The molecule has 7 heteroatoms. The van der Waals surface area contributed by atoms with Crippen molar-refractivity contribution >= 4 is 22.0 Å². The van der Waals surface area contributed by atoms with E-state index < -0.39 is 0 Å². The van der Waals surface area contributed by atoms with E-state index in [-0.39, 0.29) is 5.56 Å². The smallest absolute Gasteiger partial charge is 0.275 e. The van der Waals surface area contributed by atoms with Gasteiger partial charge in [-0.2, -0.15) is 9.61 Å². The molecule has 2 aromatic heterocycles. The van der Waals surface area contributed by atoms with E-state index in [2.05, 4.69) is 21.0 Å². The summed E-state index contributed by atoms with van der Waals surface area (Å²) in [5, 5.41) is 5.33. The Balaban J connectivity index is 1.73. The molecule has 1 aliphatic rings. The van der Waals surface area contributed by atoms with Crippen LogP contribution < -0.4 is 15.2 Å². The fraction of sp³-hybridized carbons (Fsp3) is 0.353. The molecular weight excluding hydrogens is 324 g/mol. The summed E-state index contributed by atoms with van der Waals surface area (Å²) in [6.07, 6.45) is 2.16. The monoisotopic (exact) mass is 342 g/mol. The van der Waals surface area contributed by atoms with Crippen molar-refractivity contribution in [1.29, 1.82) is 0 Å². The van der Waals surface area contributed by atoms with Gasteiger partial charge in [-0.05, 0) is 31.4 Å². The number of para-hydroxylation sites is 1. The molecule has 0 aliphatic carbocycles. The number of hydrogen-bond donors (Lipinski definition) is 0. The number of anilines is 1. The summed E-state index contributed by atoms with van der Waals surface area (Å²) in [6.45, 7) is 3.43. The average molecular weight is 342 g/mol. The molecule has 1 aliphatic heterocycles. The van der Waals surface area contributed by atoms with Gasteiger partial charge in [-0.3, -0.25) is 4.79 Å². The second-order valence-corrected chi connectivity index (χ2v) is 6.96. The maximum atomic E-state index is 12.0. The first-order valence-corrected chi connectivity index (χ1v) is 8.74. The number of benzene rings is 1. The highest BCUT2D eigenvalue weighted by Gasteiger charge is 2.22. The number of nitrogens with zero attached hydrogens (tertiary/aromatic N) is 4.